The van der Waals surface area contributed by atoms with Gasteiger partial charge in [0.2, 0.25) is 11.9 Å². The number of nitrogen functional groups attached to an aromatic ring is 1. The number of anilines is 2. The van der Waals surface area contributed by atoms with Gasteiger partial charge < -0.3 is 10.1 Å². The zero-order valence-electron chi connectivity index (χ0n) is 11.7. The van der Waals surface area contributed by atoms with Crippen molar-refractivity contribution in [3.63, 3.8) is 0 Å². The molecule has 2 aromatic rings. The smallest absolute Gasteiger partial charge is 0.323 e. The molecule has 2 aromatic heterocycles. The van der Waals surface area contributed by atoms with Gasteiger partial charge in [-0.3, -0.25) is 5.43 Å². The van der Waals surface area contributed by atoms with E-state index in [1.165, 1.54) is 10.4 Å². The van der Waals surface area contributed by atoms with Gasteiger partial charge in [-0.05, 0) is 37.8 Å². The van der Waals surface area contributed by atoms with E-state index in [1.807, 2.05) is 13.8 Å². The van der Waals surface area contributed by atoms with E-state index in [4.69, 9.17) is 10.6 Å². The molecule has 0 radical (unpaired) electrons. The molecule has 20 heavy (non-hydrogen) atoms. The summed E-state index contributed by atoms with van der Waals surface area (Å²) >= 11 is 1.69. The second-order valence-corrected chi connectivity index (χ2v) is 5.46. The van der Waals surface area contributed by atoms with Crippen LogP contribution in [0.15, 0.2) is 11.4 Å². The van der Waals surface area contributed by atoms with Gasteiger partial charge in [0.1, 0.15) is 0 Å². The minimum absolute atomic E-state index is 0.0181. The van der Waals surface area contributed by atoms with Gasteiger partial charge in [-0.1, -0.05) is 0 Å². The second kappa shape index (κ2) is 6.49. The van der Waals surface area contributed by atoms with Crippen LogP contribution in [0, 0.1) is 6.92 Å². The van der Waals surface area contributed by atoms with Crippen molar-refractivity contribution in [2.75, 3.05) is 10.7 Å². The standard InChI is InChI=1S/C12H18N6OS/c1-7(2)19-12-16-10(15-11(17-12)18-13)14-6-9-8(3)4-5-20-9/h4-5,7H,6,13H2,1-3H3,(H2,14,15,16,17,18). The highest BCUT2D eigenvalue weighted by Crippen LogP contribution is 2.18. The van der Waals surface area contributed by atoms with Crippen LogP contribution in [0.25, 0.3) is 0 Å². The molecule has 2 heterocycles. The number of rotatable bonds is 6. The third-order valence-corrected chi connectivity index (χ3v) is 3.48. The maximum Gasteiger partial charge on any atom is 0.323 e. The van der Waals surface area contributed by atoms with E-state index >= 15 is 0 Å². The third kappa shape index (κ3) is 3.78. The minimum atomic E-state index is -0.0181. The molecule has 0 fully saturated rings. The molecule has 0 aliphatic heterocycles. The Morgan fingerprint density at radius 1 is 1.30 bits per heavy atom. The number of aryl methyl sites for hydroxylation is 1. The lowest BCUT2D eigenvalue weighted by Crippen LogP contribution is -2.16. The molecule has 0 unspecified atom stereocenters. The quantitative estimate of drug-likeness (QED) is 0.553. The average Bonchev–Trinajstić information content (AvgIpc) is 2.81. The van der Waals surface area contributed by atoms with Crippen LogP contribution >= 0.6 is 11.3 Å². The van der Waals surface area contributed by atoms with Gasteiger partial charge in [0.25, 0.3) is 0 Å². The van der Waals surface area contributed by atoms with Gasteiger partial charge in [-0.15, -0.1) is 11.3 Å². The molecule has 0 aliphatic carbocycles. The van der Waals surface area contributed by atoms with E-state index in [9.17, 15) is 0 Å². The predicted molar refractivity (Wildman–Crippen MR) is 79.8 cm³/mol. The zero-order valence-corrected chi connectivity index (χ0v) is 12.5. The lowest BCUT2D eigenvalue weighted by Gasteiger charge is -2.11. The van der Waals surface area contributed by atoms with Crippen molar-refractivity contribution >= 4 is 23.2 Å². The van der Waals surface area contributed by atoms with E-state index in [0.29, 0.717) is 12.5 Å². The van der Waals surface area contributed by atoms with Crippen LogP contribution in [0.2, 0.25) is 0 Å². The summed E-state index contributed by atoms with van der Waals surface area (Å²) in [5.41, 5.74) is 3.65. The van der Waals surface area contributed by atoms with Crippen molar-refractivity contribution in [2.24, 2.45) is 5.84 Å². The van der Waals surface area contributed by atoms with Crippen LogP contribution in [-0.2, 0) is 6.54 Å². The number of nitrogens with one attached hydrogen (secondary N) is 2. The Morgan fingerprint density at radius 3 is 2.65 bits per heavy atom. The molecule has 0 atom stereocenters. The maximum atomic E-state index is 5.46. The Labute approximate surface area is 121 Å². The molecular weight excluding hydrogens is 276 g/mol. The Bertz CT molecular complexity index is 571. The van der Waals surface area contributed by atoms with Crippen LogP contribution in [0.1, 0.15) is 24.3 Å². The molecule has 0 saturated heterocycles. The molecule has 108 valence electrons. The third-order valence-electron chi connectivity index (χ3n) is 2.46. The first kappa shape index (κ1) is 14.5. The monoisotopic (exact) mass is 294 g/mol. The highest BCUT2D eigenvalue weighted by molar-refractivity contribution is 7.10. The van der Waals surface area contributed by atoms with Gasteiger partial charge in [0.05, 0.1) is 12.6 Å². The molecule has 8 heteroatoms. The normalized spacial score (nSPS) is 10.7. The largest absolute Gasteiger partial charge is 0.461 e. The van der Waals surface area contributed by atoms with Gasteiger partial charge in [-0.2, -0.15) is 15.0 Å². The summed E-state index contributed by atoms with van der Waals surface area (Å²) in [6, 6.07) is 2.32. The Balaban J connectivity index is 2.12. The molecule has 0 bridgehead atoms. The minimum Gasteiger partial charge on any atom is -0.461 e. The lowest BCUT2D eigenvalue weighted by molar-refractivity contribution is 0.222. The van der Waals surface area contributed by atoms with E-state index < -0.39 is 0 Å². The van der Waals surface area contributed by atoms with Crippen molar-refractivity contribution in [1.29, 1.82) is 0 Å². The Hall–Kier alpha value is -1.93. The average molecular weight is 294 g/mol. The number of hydrazine groups is 1. The van der Waals surface area contributed by atoms with E-state index in [-0.39, 0.29) is 18.1 Å². The highest BCUT2D eigenvalue weighted by atomic mass is 32.1. The number of hydrogen-bond donors (Lipinski definition) is 3. The van der Waals surface area contributed by atoms with Gasteiger partial charge in [-0.25, -0.2) is 5.84 Å². The summed E-state index contributed by atoms with van der Waals surface area (Å²) in [7, 11) is 0. The summed E-state index contributed by atoms with van der Waals surface area (Å²) < 4.78 is 5.46. The first-order chi connectivity index (χ1) is 9.58. The number of hydrogen-bond acceptors (Lipinski definition) is 8. The molecule has 0 saturated carbocycles. The second-order valence-electron chi connectivity index (χ2n) is 4.46. The van der Waals surface area contributed by atoms with E-state index in [0.717, 1.165) is 0 Å². The predicted octanol–water partition coefficient (Wildman–Crippen LogP) is 1.93. The Kier molecular flexibility index (Phi) is 4.70. The summed E-state index contributed by atoms with van der Waals surface area (Å²) in [5, 5.41) is 5.20. The first-order valence-electron chi connectivity index (χ1n) is 6.24. The van der Waals surface area contributed by atoms with Crippen LogP contribution in [0.3, 0.4) is 0 Å². The first-order valence-corrected chi connectivity index (χ1v) is 7.12. The molecule has 0 aromatic carbocycles. The highest BCUT2D eigenvalue weighted by Gasteiger charge is 2.09. The van der Waals surface area contributed by atoms with Crippen LogP contribution in [-0.4, -0.2) is 21.1 Å². The van der Waals surface area contributed by atoms with Gasteiger partial charge in [0.15, 0.2) is 0 Å². The van der Waals surface area contributed by atoms with Crippen LogP contribution < -0.4 is 21.3 Å². The number of thiophene rings is 1. The number of ether oxygens (including phenoxy) is 1. The molecule has 0 aliphatic rings. The molecular formula is C12H18N6OS. The molecule has 2 rings (SSSR count). The molecule has 7 nitrogen and oxygen atoms in total. The van der Waals surface area contributed by atoms with Crippen molar-refractivity contribution in [1.82, 2.24) is 15.0 Å². The Morgan fingerprint density at radius 2 is 2.05 bits per heavy atom. The fourth-order valence-corrected chi connectivity index (χ4v) is 2.35. The van der Waals surface area contributed by atoms with Gasteiger partial charge in [0, 0.05) is 4.88 Å². The summed E-state index contributed by atoms with van der Waals surface area (Å²) in [5.74, 6) is 6.04. The topological polar surface area (TPSA) is 98.0 Å². The fraction of sp³-hybridized carbons (Fsp3) is 0.417. The van der Waals surface area contributed by atoms with Gasteiger partial charge >= 0.3 is 6.01 Å². The van der Waals surface area contributed by atoms with Crippen LogP contribution in [0.4, 0.5) is 11.9 Å². The van der Waals surface area contributed by atoms with Crippen molar-refractivity contribution < 1.29 is 4.74 Å². The fourth-order valence-electron chi connectivity index (χ4n) is 1.51. The van der Waals surface area contributed by atoms with Crippen molar-refractivity contribution in [3.8, 4) is 6.01 Å². The molecule has 4 N–H and O–H groups in total. The number of aromatic nitrogens is 3. The molecule has 0 amide bonds. The van der Waals surface area contributed by atoms with E-state index in [1.54, 1.807) is 11.3 Å². The number of nitrogens with two attached hydrogens (primary N) is 1. The summed E-state index contributed by atoms with van der Waals surface area (Å²) in [4.78, 5) is 13.6. The van der Waals surface area contributed by atoms with Crippen molar-refractivity contribution in [3.05, 3.63) is 21.9 Å². The maximum absolute atomic E-state index is 5.46. The summed E-state index contributed by atoms with van der Waals surface area (Å²) in [6.07, 6.45) is -0.0181. The molecule has 0 spiro atoms. The van der Waals surface area contributed by atoms with Crippen molar-refractivity contribution in [2.45, 2.75) is 33.4 Å². The lowest BCUT2D eigenvalue weighted by atomic mass is 10.3. The zero-order chi connectivity index (χ0) is 14.5. The summed E-state index contributed by atoms with van der Waals surface area (Å²) in [6.45, 7) is 6.53. The SMILES string of the molecule is Cc1ccsc1CNc1nc(NN)nc(OC(C)C)n1. The van der Waals surface area contributed by atoms with E-state index in [2.05, 4.69) is 44.1 Å². The number of nitrogens with zero attached hydrogens (tertiary/aromatic N) is 3. The van der Waals surface area contributed by atoms with Crippen LogP contribution in [0.5, 0.6) is 6.01 Å².